The predicted octanol–water partition coefficient (Wildman–Crippen LogP) is 3.47. The molecule has 2 aliphatic rings. The molecule has 1 aromatic heterocycles. The average molecular weight is 415 g/mol. The molecular formula is C23H34N4O3. The van der Waals surface area contributed by atoms with E-state index in [9.17, 15) is 9.90 Å². The van der Waals surface area contributed by atoms with Crippen LogP contribution in [0.2, 0.25) is 0 Å². The van der Waals surface area contributed by atoms with Gasteiger partial charge in [-0.25, -0.2) is 0 Å². The van der Waals surface area contributed by atoms with Crippen LogP contribution in [0.15, 0.2) is 18.2 Å². The highest BCUT2D eigenvalue weighted by molar-refractivity contribution is 6.05. The van der Waals surface area contributed by atoms with Gasteiger partial charge >= 0.3 is 0 Å². The van der Waals surface area contributed by atoms with E-state index < -0.39 is 0 Å². The number of benzene rings is 1. The summed E-state index contributed by atoms with van der Waals surface area (Å²) in [4.78, 5) is 15.8. The van der Waals surface area contributed by atoms with Crippen LogP contribution >= 0.6 is 0 Å². The van der Waals surface area contributed by atoms with Crippen LogP contribution in [0, 0.1) is 0 Å². The molecule has 2 N–H and O–H groups in total. The average Bonchev–Trinajstić information content (AvgIpc) is 3.10. The Morgan fingerprint density at radius 1 is 1.30 bits per heavy atom. The smallest absolute Gasteiger partial charge is 0.272 e. The molecule has 2 bridgehead atoms. The van der Waals surface area contributed by atoms with Crippen molar-refractivity contribution in [3.8, 4) is 5.75 Å². The quantitative estimate of drug-likeness (QED) is 0.725. The van der Waals surface area contributed by atoms with E-state index in [2.05, 4.69) is 36.1 Å². The summed E-state index contributed by atoms with van der Waals surface area (Å²) in [5.41, 5.74) is 1.24. The molecule has 1 aromatic carbocycles. The summed E-state index contributed by atoms with van der Waals surface area (Å²) in [6.45, 7) is 9.00. The van der Waals surface area contributed by atoms with Gasteiger partial charge in [0.25, 0.3) is 5.91 Å². The van der Waals surface area contributed by atoms with Gasteiger partial charge in [0.1, 0.15) is 5.75 Å². The third-order valence-electron chi connectivity index (χ3n) is 6.69. The molecule has 1 unspecified atom stereocenters. The molecular weight excluding hydrogens is 380 g/mol. The van der Waals surface area contributed by atoms with Crippen molar-refractivity contribution in [1.82, 2.24) is 20.0 Å². The Morgan fingerprint density at radius 3 is 2.70 bits per heavy atom. The lowest BCUT2D eigenvalue weighted by Crippen LogP contribution is -2.60. The summed E-state index contributed by atoms with van der Waals surface area (Å²) in [5.74, 6) is 0.0601. The van der Waals surface area contributed by atoms with Gasteiger partial charge in [0.05, 0.1) is 18.7 Å². The summed E-state index contributed by atoms with van der Waals surface area (Å²) < 4.78 is 7.66. The van der Waals surface area contributed by atoms with E-state index in [0.717, 1.165) is 49.9 Å². The Kier molecular flexibility index (Phi) is 6.29. The summed E-state index contributed by atoms with van der Waals surface area (Å²) >= 11 is 0. The molecule has 2 aromatic rings. The van der Waals surface area contributed by atoms with Crippen LogP contribution in [0.4, 0.5) is 0 Å². The zero-order valence-electron chi connectivity index (χ0n) is 18.3. The maximum absolute atomic E-state index is 13.2. The molecule has 7 heteroatoms. The van der Waals surface area contributed by atoms with Crippen molar-refractivity contribution in [2.75, 3.05) is 19.8 Å². The van der Waals surface area contributed by atoms with Crippen LogP contribution in [0.3, 0.4) is 0 Å². The van der Waals surface area contributed by atoms with Crippen LogP contribution in [0.25, 0.3) is 10.9 Å². The number of aromatic hydroxyl groups is 1. The molecule has 3 heterocycles. The number of piperidine rings is 1. The molecule has 1 amide bonds. The zero-order valence-corrected chi connectivity index (χ0v) is 18.3. The topological polar surface area (TPSA) is 79.6 Å². The lowest BCUT2D eigenvalue weighted by atomic mass is 9.89. The van der Waals surface area contributed by atoms with E-state index >= 15 is 0 Å². The van der Waals surface area contributed by atoms with Crippen LogP contribution in [0.5, 0.6) is 5.75 Å². The molecule has 30 heavy (non-hydrogen) atoms. The Bertz CT molecular complexity index is 882. The van der Waals surface area contributed by atoms with E-state index in [0.29, 0.717) is 17.8 Å². The number of nitrogens with one attached hydrogen (secondary N) is 1. The first kappa shape index (κ1) is 21.1. The Hall–Kier alpha value is -2.12. The second kappa shape index (κ2) is 8.94. The van der Waals surface area contributed by atoms with Crippen molar-refractivity contribution in [2.45, 2.75) is 77.0 Å². The van der Waals surface area contributed by atoms with E-state index in [1.807, 2.05) is 4.68 Å². The Labute approximate surface area is 178 Å². The summed E-state index contributed by atoms with van der Waals surface area (Å²) in [7, 11) is 0. The zero-order chi connectivity index (χ0) is 21.3. The fraction of sp³-hybridized carbons (Fsp3) is 0.652. The third kappa shape index (κ3) is 4.05. The largest absolute Gasteiger partial charge is 0.508 e. The van der Waals surface area contributed by atoms with Gasteiger partial charge < -0.3 is 15.2 Å². The number of phenolic OH excluding ortho intramolecular Hbond substituents is 1. The van der Waals surface area contributed by atoms with Gasteiger partial charge in [0.2, 0.25) is 0 Å². The lowest BCUT2D eigenvalue weighted by Gasteiger charge is -2.48. The third-order valence-corrected chi connectivity index (χ3v) is 6.69. The standard InChI is InChI=1S/C23H34N4O3/c1-4-6-9-26-17-10-16(11-18(26)14-30-13-17)24-23(29)22-20-8-7-19(28)12-21(20)27(25-22)15(3)5-2/h7-8,12,15-18,28H,4-6,9-11,13-14H2,1-3H3,(H,24,29)/t15-,16?,17-,18+/m0/s1. The number of rotatable bonds is 7. The first-order chi connectivity index (χ1) is 14.5. The first-order valence-electron chi connectivity index (χ1n) is 11.4. The maximum atomic E-state index is 13.2. The van der Waals surface area contributed by atoms with Crippen molar-refractivity contribution in [2.24, 2.45) is 0 Å². The molecule has 0 spiro atoms. The van der Waals surface area contributed by atoms with Crippen molar-refractivity contribution < 1.29 is 14.6 Å². The monoisotopic (exact) mass is 414 g/mol. The van der Waals surface area contributed by atoms with Crippen molar-refractivity contribution in [3.63, 3.8) is 0 Å². The van der Waals surface area contributed by atoms with Gasteiger partial charge in [0.15, 0.2) is 5.69 Å². The van der Waals surface area contributed by atoms with E-state index in [1.165, 1.54) is 12.8 Å². The molecule has 2 saturated heterocycles. The van der Waals surface area contributed by atoms with Crippen molar-refractivity contribution >= 4 is 16.8 Å². The molecule has 0 radical (unpaired) electrons. The lowest BCUT2D eigenvalue weighted by molar-refractivity contribution is -0.0802. The van der Waals surface area contributed by atoms with Gasteiger partial charge in [-0.15, -0.1) is 0 Å². The number of hydrogen-bond acceptors (Lipinski definition) is 5. The SMILES string of the molecule is CCCCN1[C@@H]2COC[C@H]1CC(NC(=O)c1nn([C@@H](C)CC)c3cc(O)ccc13)C2. The van der Waals surface area contributed by atoms with Gasteiger partial charge in [-0.3, -0.25) is 14.4 Å². The number of unbranched alkanes of at least 4 members (excludes halogenated alkanes) is 1. The number of phenols is 1. The van der Waals surface area contributed by atoms with Gasteiger partial charge in [-0.2, -0.15) is 5.10 Å². The van der Waals surface area contributed by atoms with Crippen LogP contribution in [0.1, 0.15) is 69.4 Å². The Balaban J connectivity index is 1.53. The number of fused-ring (bicyclic) bond motifs is 3. The molecule has 4 atom stereocenters. The minimum absolute atomic E-state index is 0.126. The number of carbonyl (C=O) groups excluding carboxylic acids is 1. The van der Waals surface area contributed by atoms with Gasteiger partial charge in [0, 0.05) is 35.6 Å². The highest BCUT2D eigenvalue weighted by Gasteiger charge is 2.39. The normalized spacial score (nSPS) is 25.4. The minimum Gasteiger partial charge on any atom is -0.508 e. The molecule has 2 fully saturated rings. The highest BCUT2D eigenvalue weighted by Crippen LogP contribution is 2.30. The molecule has 0 saturated carbocycles. The summed E-state index contributed by atoms with van der Waals surface area (Å²) in [6, 6.07) is 6.14. The van der Waals surface area contributed by atoms with Crippen molar-refractivity contribution in [3.05, 3.63) is 23.9 Å². The van der Waals surface area contributed by atoms with Crippen molar-refractivity contribution in [1.29, 1.82) is 0 Å². The van der Waals surface area contributed by atoms with Crippen LogP contribution < -0.4 is 5.32 Å². The Morgan fingerprint density at radius 2 is 2.03 bits per heavy atom. The molecule has 4 rings (SSSR count). The first-order valence-corrected chi connectivity index (χ1v) is 11.4. The molecule has 2 aliphatic heterocycles. The number of hydrogen-bond donors (Lipinski definition) is 2. The second-order valence-electron chi connectivity index (χ2n) is 8.83. The van der Waals surface area contributed by atoms with Crippen LogP contribution in [-0.4, -0.2) is 63.6 Å². The van der Waals surface area contributed by atoms with Gasteiger partial charge in [-0.1, -0.05) is 20.3 Å². The number of aromatic nitrogens is 2. The maximum Gasteiger partial charge on any atom is 0.272 e. The van der Waals surface area contributed by atoms with Crippen LogP contribution in [-0.2, 0) is 4.74 Å². The fourth-order valence-electron chi connectivity index (χ4n) is 4.87. The molecule has 164 valence electrons. The van der Waals surface area contributed by atoms with Gasteiger partial charge in [-0.05, 0) is 51.3 Å². The second-order valence-corrected chi connectivity index (χ2v) is 8.83. The molecule has 0 aliphatic carbocycles. The minimum atomic E-state index is -0.126. The fourth-order valence-corrected chi connectivity index (χ4v) is 4.87. The van der Waals surface area contributed by atoms with E-state index in [1.54, 1.807) is 18.2 Å². The summed E-state index contributed by atoms with van der Waals surface area (Å²) in [6.07, 6.45) is 5.12. The number of ether oxygens (including phenoxy) is 1. The van der Waals surface area contributed by atoms with E-state index in [-0.39, 0.29) is 23.7 Å². The highest BCUT2D eigenvalue weighted by atomic mass is 16.5. The number of nitrogens with zero attached hydrogens (tertiary/aromatic N) is 3. The number of morpholine rings is 1. The van der Waals surface area contributed by atoms with E-state index in [4.69, 9.17) is 4.74 Å². The number of amides is 1. The predicted molar refractivity (Wildman–Crippen MR) is 117 cm³/mol. The summed E-state index contributed by atoms with van der Waals surface area (Å²) in [5, 5.41) is 18.6. The molecule has 7 nitrogen and oxygen atoms in total. The number of carbonyl (C=O) groups is 1.